The van der Waals surface area contributed by atoms with Crippen molar-refractivity contribution in [3.05, 3.63) is 33.8 Å². The summed E-state index contributed by atoms with van der Waals surface area (Å²) in [4.78, 5) is 40.5. The smallest absolute Gasteiger partial charge is 0.257 e. The van der Waals surface area contributed by atoms with Gasteiger partial charge < -0.3 is 14.7 Å². The van der Waals surface area contributed by atoms with Gasteiger partial charge in [0.25, 0.3) is 5.91 Å². The van der Waals surface area contributed by atoms with E-state index in [-0.39, 0.29) is 24.2 Å². The zero-order valence-corrected chi connectivity index (χ0v) is 18.0. The lowest BCUT2D eigenvalue weighted by Crippen LogP contribution is -2.38. The summed E-state index contributed by atoms with van der Waals surface area (Å²) in [6.07, 6.45) is 4.80. The number of nitrogens with zero attached hydrogens (tertiary/aromatic N) is 5. The highest BCUT2D eigenvalue weighted by atomic mass is 32.1. The van der Waals surface area contributed by atoms with Crippen LogP contribution in [0.5, 0.6) is 0 Å². The van der Waals surface area contributed by atoms with Crippen molar-refractivity contribution in [1.82, 2.24) is 14.9 Å². The van der Waals surface area contributed by atoms with Gasteiger partial charge in [-0.25, -0.2) is 14.4 Å². The number of thiophene rings is 1. The van der Waals surface area contributed by atoms with Crippen LogP contribution in [0.2, 0.25) is 0 Å². The summed E-state index contributed by atoms with van der Waals surface area (Å²) in [5, 5.41) is 0.769. The standard InChI is InChI=1S/C21H24FN5O2S/c1-3-14-18(22)19(24-11-23-14)26-7-6-13-15(9-26)30-21-17(13)20(29)25(2)10-16(28)27(21)8-12-4-5-12/h11-12H,3-10H2,1-2H3. The Labute approximate surface area is 178 Å². The number of carbonyl (C=O) groups excluding carboxylic acids is 2. The number of carbonyl (C=O) groups is 2. The molecular weight excluding hydrogens is 405 g/mol. The van der Waals surface area contributed by atoms with E-state index in [2.05, 4.69) is 9.97 Å². The van der Waals surface area contributed by atoms with E-state index in [1.807, 2.05) is 16.7 Å². The Bertz CT molecular complexity index is 1030. The lowest BCUT2D eigenvalue weighted by Gasteiger charge is -2.29. The van der Waals surface area contributed by atoms with Crippen molar-refractivity contribution in [2.45, 2.75) is 39.2 Å². The maximum atomic E-state index is 14.8. The second-order valence-electron chi connectivity index (χ2n) is 8.28. The minimum atomic E-state index is -0.372. The van der Waals surface area contributed by atoms with E-state index in [1.165, 1.54) is 22.6 Å². The van der Waals surface area contributed by atoms with Gasteiger partial charge in [-0.1, -0.05) is 6.92 Å². The third-order valence-electron chi connectivity index (χ3n) is 6.13. The number of hydrogen-bond acceptors (Lipinski definition) is 6. The molecule has 9 heteroatoms. The topological polar surface area (TPSA) is 69.6 Å². The van der Waals surface area contributed by atoms with Crippen molar-refractivity contribution in [2.75, 3.05) is 36.5 Å². The molecule has 7 nitrogen and oxygen atoms in total. The van der Waals surface area contributed by atoms with Crippen molar-refractivity contribution in [3.63, 3.8) is 0 Å². The highest BCUT2D eigenvalue weighted by molar-refractivity contribution is 7.17. The molecule has 0 atom stereocenters. The van der Waals surface area contributed by atoms with E-state index >= 15 is 0 Å². The van der Waals surface area contributed by atoms with E-state index in [4.69, 9.17) is 0 Å². The molecular formula is C21H24FN5O2S. The first-order valence-corrected chi connectivity index (χ1v) is 11.2. The predicted octanol–water partition coefficient (Wildman–Crippen LogP) is 2.63. The average Bonchev–Trinajstić information content (AvgIpc) is 3.49. The maximum Gasteiger partial charge on any atom is 0.257 e. The zero-order valence-electron chi connectivity index (χ0n) is 17.2. The van der Waals surface area contributed by atoms with Crippen molar-refractivity contribution in [1.29, 1.82) is 0 Å². The first-order chi connectivity index (χ1) is 14.5. The second-order valence-corrected chi connectivity index (χ2v) is 9.36. The number of anilines is 2. The quantitative estimate of drug-likeness (QED) is 0.747. The van der Waals surface area contributed by atoms with E-state index in [0.717, 1.165) is 28.3 Å². The van der Waals surface area contributed by atoms with Gasteiger partial charge in [0.1, 0.15) is 17.9 Å². The first kappa shape index (κ1) is 19.4. The molecule has 2 aromatic heterocycles. The Morgan fingerprint density at radius 3 is 2.77 bits per heavy atom. The molecule has 30 heavy (non-hydrogen) atoms. The Balaban J connectivity index is 1.53. The molecule has 0 spiro atoms. The summed E-state index contributed by atoms with van der Waals surface area (Å²) in [6, 6.07) is 0. The van der Waals surface area contributed by atoms with E-state index in [9.17, 15) is 14.0 Å². The SMILES string of the molecule is CCc1ncnc(N2CCc3c(sc4c3C(=O)N(C)CC(=O)N4CC3CC3)C2)c1F. The van der Waals surface area contributed by atoms with Crippen molar-refractivity contribution in [2.24, 2.45) is 5.92 Å². The van der Waals surface area contributed by atoms with Crippen LogP contribution in [0.3, 0.4) is 0 Å². The Morgan fingerprint density at radius 1 is 1.23 bits per heavy atom. The van der Waals surface area contributed by atoms with Gasteiger partial charge in [-0.15, -0.1) is 11.3 Å². The number of fused-ring (bicyclic) bond motifs is 3. The third-order valence-corrected chi connectivity index (χ3v) is 7.37. The number of aromatic nitrogens is 2. The van der Waals surface area contributed by atoms with Crippen molar-refractivity contribution >= 4 is 34.0 Å². The molecule has 4 heterocycles. The highest BCUT2D eigenvalue weighted by Crippen LogP contribution is 2.43. The first-order valence-electron chi connectivity index (χ1n) is 10.4. The molecule has 1 fully saturated rings. The summed E-state index contributed by atoms with van der Waals surface area (Å²) in [6.45, 7) is 3.71. The Morgan fingerprint density at radius 2 is 2.03 bits per heavy atom. The maximum absolute atomic E-state index is 14.8. The van der Waals surface area contributed by atoms with Crippen LogP contribution in [0.15, 0.2) is 6.33 Å². The number of likely N-dealkylation sites (N-methyl/N-ethyl adjacent to an activating group) is 1. The number of aryl methyl sites for hydroxylation is 1. The molecule has 0 aromatic carbocycles. The van der Waals surface area contributed by atoms with Crippen LogP contribution in [0, 0.1) is 11.7 Å². The molecule has 3 aliphatic rings. The van der Waals surface area contributed by atoms with Crippen LogP contribution < -0.4 is 9.80 Å². The summed E-state index contributed by atoms with van der Waals surface area (Å²) in [7, 11) is 1.69. The van der Waals surface area contributed by atoms with Crippen LogP contribution >= 0.6 is 11.3 Å². The van der Waals surface area contributed by atoms with Crippen LogP contribution in [-0.4, -0.2) is 53.4 Å². The summed E-state index contributed by atoms with van der Waals surface area (Å²) in [5.41, 5.74) is 2.08. The molecule has 2 amide bonds. The third kappa shape index (κ3) is 3.15. The van der Waals surface area contributed by atoms with Crippen LogP contribution in [0.25, 0.3) is 0 Å². The van der Waals surface area contributed by atoms with Gasteiger partial charge in [0, 0.05) is 25.0 Å². The molecule has 1 saturated carbocycles. The number of hydrogen-bond donors (Lipinski definition) is 0. The molecule has 0 N–H and O–H groups in total. The fourth-order valence-corrected chi connectivity index (χ4v) is 5.63. The molecule has 2 aromatic rings. The van der Waals surface area contributed by atoms with Gasteiger partial charge in [-0.05, 0) is 37.2 Å². The van der Waals surface area contributed by atoms with Gasteiger partial charge in [-0.2, -0.15) is 0 Å². The van der Waals surface area contributed by atoms with E-state index < -0.39 is 0 Å². The molecule has 0 unspecified atom stereocenters. The van der Waals surface area contributed by atoms with Gasteiger partial charge in [0.2, 0.25) is 5.91 Å². The molecule has 0 saturated heterocycles. The van der Waals surface area contributed by atoms with Crippen LogP contribution in [0.4, 0.5) is 15.2 Å². The molecule has 1 aliphatic carbocycles. The highest BCUT2D eigenvalue weighted by Gasteiger charge is 2.39. The van der Waals surface area contributed by atoms with Gasteiger partial charge in [-0.3, -0.25) is 9.59 Å². The van der Waals surface area contributed by atoms with Crippen molar-refractivity contribution < 1.29 is 14.0 Å². The largest absolute Gasteiger partial charge is 0.349 e. The number of rotatable bonds is 4. The van der Waals surface area contributed by atoms with Gasteiger partial charge in [0.05, 0.1) is 17.8 Å². The van der Waals surface area contributed by atoms with Crippen LogP contribution in [-0.2, 0) is 24.2 Å². The predicted molar refractivity (Wildman–Crippen MR) is 112 cm³/mol. The molecule has 2 aliphatic heterocycles. The molecule has 0 radical (unpaired) electrons. The normalized spacial score (nSPS) is 19.1. The Hall–Kier alpha value is -2.55. The minimum absolute atomic E-state index is 0.0265. The Kier molecular flexibility index (Phi) is 4.72. The van der Waals surface area contributed by atoms with Gasteiger partial charge in [0.15, 0.2) is 11.6 Å². The summed E-state index contributed by atoms with van der Waals surface area (Å²) < 4.78 is 14.8. The molecule has 0 bridgehead atoms. The number of amides is 2. The summed E-state index contributed by atoms with van der Waals surface area (Å²) >= 11 is 1.50. The van der Waals surface area contributed by atoms with Crippen molar-refractivity contribution in [3.8, 4) is 0 Å². The fraction of sp³-hybridized carbons (Fsp3) is 0.524. The molecule has 5 rings (SSSR count). The van der Waals surface area contributed by atoms with E-state index in [0.29, 0.717) is 55.5 Å². The lowest BCUT2D eigenvalue weighted by molar-refractivity contribution is -0.119. The lowest BCUT2D eigenvalue weighted by atomic mass is 10.0. The number of halogens is 1. The molecule has 158 valence electrons. The minimum Gasteiger partial charge on any atom is -0.349 e. The summed E-state index contributed by atoms with van der Waals surface area (Å²) in [5.74, 6) is 0.345. The van der Waals surface area contributed by atoms with E-state index in [1.54, 1.807) is 7.05 Å². The van der Waals surface area contributed by atoms with Crippen LogP contribution in [0.1, 0.15) is 46.3 Å². The van der Waals surface area contributed by atoms with Gasteiger partial charge >= 0.3 is 0 Å². The second kappa shape index (κ2) is 7.30. The fourth-order valence-electron chi connectivity index (χ4n) is 4.25. The average molecular weight is 430 g/mol. The monoisotopic (exact) mass is 429 g/mol. The zero-order chi connectivity index (χ0) is 21.0.